The molecule has 10 nitrogen and oxygen atoms in total. The van der Waals surface area contributed by atoms with E-state index in [1.54, 1.807) is 17.7 Å². The maximum Gasteiger partial charge on any atom is 0.243 e. The molecule has 0 aromatic carbocycles. The summed E-state index contributed by atoms with van der Waals surface area (Å²) >= 11 is 0. The van der Waals surface area contributed by atoms with Gasteiger partial charge in [0.25, 0.3) is 0 Å². The van der Waals surface area contributed by atoms with Crippen LogP contribution in [0.5, 0.6) is 0 Å². The lowest BCUT2D eigenvalue weighted by atomic mass is 9.96. The predicted octanol–water partition coefficient (Wildman–Crippen LogP) is -0.895. The first-order valence-electron chi connectivity index (χ1n) is 7.92. The monoisotopic (exact) mass is 349 g/mol. The molecule has 1 saturated heterocycles. The van der Waals surface area contributed by atoms with E-state index in [2.05, 4.69) is 20.6 Å². The molecule has 1 fully saturated rings. The quantitative estimate of drug-likeness (QED) is 0.470. The van der Waals surface area contributed by atoms with Crippen molar-refractivity contribution >= 4 is 28.4 Å². The highest BCUT2D eigenvalue weighted by Crippen LogP contribution is 2.42. The van der Waals surface area contributed by atoms with Gasteiger partial charge in [-0.15, -0.1) is 0 Å². The van der Waals surface area contributed by atoms with Gasteiger partial charge in [-0.2, -0.15) is 0 Å². The van der Waals surface area contributed by atoms with Gasteiger partial charge < -0.3 is 35.3 Å². The lowest BCUT2D eigenvalue weighted by Gasteiger charge is -2.27. The summed E-state index contributed by atoms with van der Waals surface area (Å²) in [5.41, 5.74) is -0.721. The van der Waals surface area contributed by atoms with E-state index >= 15 is 0 Å². The minimum absolute atomic E-state index is 0.0865. The topological polar surface area (TPSA) is 142 Å². The minimum Gasteiger partial charge on any atom is -0.394 e. The zero-order valence-corrected chi connectivity index (χ0v) is 13.7. The van der Waals surface area contributed by atoms with Gasteiger partial charge in [-0.05, 0) is 13.8 Å². The van der Waals surface area contributed by atoms with Crippen LogP contribution >= 0.6 is 0 Å². The standard InChI is InChI=1S/C15H19N5O5/c1-6-17-12-10-7(19-9(22)3-16-12)4-20(13(10)18-6)14-15(2,24)11(23)8(5-21)25-14/h4,8,11,14,21,23-24H,3,5H2,1-2H3,(H,19,22)(H,16,17,18)/t8-,11-,14?,15+/m1/s1. The number of ether oxygens (including phenoxy) is 1. The van der Waals surface area contributed by atoms with Crippen LogP contribution in [0.2, 0.25) is 0 Å². The van der Waals surface area contributed by atoms with Gasteiger partial charge in [0.2, 0.25) is 5.91 Å². The zero-order valence-electron chi connectivity index (χ0n) is 13.7. The Balaban J connectivity index is 1.92. The van der Waals surface area contributed by atoms with E-state index in [-0.39, 0.29) is 12.5 Å². The van der Waals surface area contributed by atoms with Gasteiger partial charge in [-0.3, -0.25) is 4.79 Å². The van der Waals surface area contributed by atoms with Crippen molar-refractivity contribution in [2.24, 2.45) is 0 Å². The molecule has 5 N–H and O–H groups in total. The summed E-state index contributed by atoms with van der Waals surface area (Å²) in [5, 5.41) is 36.6. The minimum atomic E-state index is -1.66. The zero-order chi connectivity index (χ0) is 17.9. The Kier molecular flexibility index (Phi) is 3.48. The molecule has 25 heavy (non-hydrogen) atoms. The smallest absolute Gasteiger partial charge is 0.243 e. The molecule has 0 aliphatic carbocycles. The Hall–Kier alpha value is -2.27. The molecule has 2 aromatic heterocycles. The SMILES string of the molecule is Cc1nc2c3c(cn(C4O[C@H](CO)[C@@H](O)[C@]4(C)O)c3n1)NC(=O)CN2. The van der Waals surface area contributed by atoms with Crippen LogP contribution in [0.3, 0.4) is 0 Å². The molecule has 2 aliphatic rings. The van der Waals surface area contributed by atoms with E-state index in [0.29, 0.717) is 28.4 Å². The second-order valence-corrected chi connectivity index (χ2v) is 6.55. The Morgan fingerprint density at radius 3 is 2.92 bits per heavy atom. The highest BCUT2D eigenvalue weighted by atomic mass is 16.6. The number of nitrogens with zero attached hydrogens (tertiary/aromatic N) is 3. The molecule has 0 bridgehead atoms. The average molecular weight is 349 g/mol. The highest BCUT2D eigenvalue weighted by Gasteiger charge is 2.53. The first-order chi connectivity index (χ1) is 11.8. The molecule has 1 amide bonds. The average Bonchev–Trinajstić information content (AvgIpc) is 2.94. The Morgan fingerprint density at radius 1 is 1.48 bits per heavy atom. The number of aromatic nitrogens is 3. The maximum absolute atomic E-state index is 11.9. The van der Waals surface area contributed by atoms with Crippen LogP contribution in [0.1, 0.15) is 19.0 Å². The largest absolute Gasteiger partial charge is 0.394 e. The van der Waals surface area contributed by atoms with Crippen LogP contribution in [-0.4, -0.2) is 66.7 Å². The van der Waals surface area contributed by atoms with Gasteiger partial charge in [0.05, 0.1) is 24.2 Å². The van der Waals surface area contributed by atoms with Gasteiger partial charge in [0.15, 0.2) is 6.23 Å². The van der Waals surface area contributed by atoms with Gasteiger partial charge in [-0.25, -0.2) is 9.97 Å². The van der Waals surface area contributed by atoms with E-state index in [4.69, 9.17) is 4.74 Å². The molecular formula is C15H19N5O5. The van der Waals surface area contributed by atoms with Crippen molar-refractivity contribution in [3.05, 3.63) is 12.0 Å². The number of carbonyl (C=O) groups is 1. The van der Waals surface area contributed by atoms with Gasteiger partial charge in [0.1, 0.15) is 35.1 Å². The van der Waals surface area contributed by atoms with E-state index < -0.39 is 30.6 Å². The van der Waals surface area contributed by atoms with Crippen LogP contribution in [0.15, 0.2) is 6.20 Å². The van der Waals surface area contributed by atoms with Crippen LogP contribution in [0.25, 0.3) is 11.0 Å². The summed E-state index contributed by atoms with van der Waals surface area (Å²) in [5.74, 6) is 0.751. The fraction of sp³-hybridized carbons (Fsp3) is 0.533. The third-order valence-electron chi connectivity index (χ3n) is 4.66. The van der Waals surface area contributed by atoms with Crippen LogP contribution in [0.4, 0.5) is 11.5 Å². The molecule has 134 valence electrons. The fourth-order valence-corrected chi connectivity index (χ4v) is 3.41. The Morgan fingerprint density at radius 2 is 2.24 bits per heavy atom. The second kappa shape index (κ2) is 5.36. The van der Waals surface area contributed by atoms with Crippen molar-refractivity contribution in [1.29, 1.82) is 0 Å². The van der Waals surface area contributed by atoms with E-state index in [1.807, 2.05) is 0 Å². The summed E-state index contributed by atoms with van der Waals surface area (Å²) in [6.45, 7) is 2.80. The highest BCUT2D eigenvalue weighted by molar-refractivity contribution is 6.09. The molecule has 0 radical (unpaired) electrons. The molecule has 10 heteroatoms. The Labute approximate surface area is 142 Å². The van der Waals surface area contributed by atoms with E-state index in [1.165, 1.54) is 6.92 Å². The molecule has 4 rings (SSSR count). The number of amides is 1. The van der Waals surface area contributed by atoms with E-state index in [9.17, 15) is 20.1 Å². The Bertz CT molecular complexity index is 864. The summed E-state index contributed by atoms with van der Waals surface area (Å²) in [7, 11) is 0. The number of carbonyl (C=O) groups excluding carboxylic acids is 1. The van der Waals surface area contributed by atoms with Crippen molar-refractivity contribution in [2.45, 2.75) is 37.9 Å². The lowest BCUT2D eigenvalue weighted by Crippen LogP contribution is -2.44. The third-order valence-corrected chi connectivity index (χ3v) is 4.66. The molecule has 1 unspecified atom stereocenters. The van der Waals surface area contributed by atoms with Crippen LogP contribution in [0, 0.1) is 6.92 Å². The molecule has 0 saturated carbocycles. The van der Waals surface area contributed by atoms with Crippen LogP contribution in [-0.2, 0) is 9.53 Å². The predicted molar refractivity (Wildman–Crippen MR) is 87.0 cm³/mol. The number of aliphatic hydroxyl groups excluding tert-OH is 2. The normalized spacial score (nSPS) is 31.7. The number of aliphatic hydroxyl groups is 3. The second-order valence-electron chi connectivity index (χ2n) is 6.55. The van der Waals surface area contributed by atoms with Crippen molar-refractivity contribution in [2.75, 3.05) is 23.8 Å². The summed E-state index contributed by atoms with van der Waals surface area (Å²) in [6.07, 6.45) is -1.59. The number of rotatable bonds is 2. The maximum atomic E-state index is 11.9. The number of nitrogens with one attached hydrogen (secondary N) is 2. The molecule has 4 heterocycles. The van der Waals surface area contributed by atoms with Gasteiger partial charge in [-0.1, -0.05) is 0 Å². The summed E-state index contributed by atoms with van der Waals surface area (Å²) < 4.78 is 7.22. The fourth-order valence-electron chi connectivity index (χ4n) is 3.41. The van der Waals surface area contributed by atoms with Crippen LogP contribution < -0.4 is 10.6 Å². The molecular weight excluding hydrogens is 330 g/mol. The van der Waals surface area contributed by atoms with Crippen molar-refractivity contribution in [3.8, 4) is 0 Å². The molecule has 2 aromatic rings. The number of hydrogen-bond acceptors (Lipinski definition) is 8. The first-order valence-corrected chi connectivity index (χ1v) is 7.92. The molecule has 2 aliphatic heterocycles. The molecule has 4 atom stereocenters. The van der Waals surface area contributed by atoms with Gasteiger partial charge in [0, 0.05) is 6.20 Å². The number of anilines is 2. The van der Waals surface area contributed by atoms with Crippen molar-refractivity contribution < 1.29 is 24.9 Å². The number of aryl methyl sites for hydroxylation is 1. The first kappa shape index (κ1) is 16.2. The lowest BCUT2D eigenvalue weighted by molar-refractivity contribution is -0.114. The van der Waals surface area contributed by atoms with Crippen molar-refractivity contribution in [1.82, 2.24) is 14.5 Å². The van der Waals surface area contributed by atoms with Crippen molar-refractivity contribution in [3.63, 3.8) is 0 Å². The number of hydrogen-bond donors (Lipinski definition) is 5. The molecule has 0 spiro atoms. The van der Waals surface area contributed by atoms with E-state index in [0.717, 1.165) is 0 Å². The third kappa shape index (κ3) is 2.29. The summed E-state index contributed by atoms with van der Waals surface area (Å²) in [4.78, 5) is 20.6. The van der Waals surface area contributed by atoms with Gasteiger partial charge >= 0.3 is 0 Å². The summed E-state index contributed by atoms with van der Waals surface area (Å²) in [6, 6.07) is 0.